The van der Waals surface area contributed by atoms with Crippen molar-refractivity contribution < 1.29 is 9.90 Å². The minimum atomic E-state index is -1.47. The van der Waals surface area contributed by atoms with Gasteiger partial charge in [0.25, 0.3) is 0 Å². The number of hydrogen-bond donors (Lipinski definition) is 3. The molecule has 1 aromatic heterocycles. The van der Waals surface area contributed by atoms with E-state index in [0.717, 1.165) is 0 Å². The highest BCUT2D eigenvalue weighted by molar-refractivity contribution is 5.79. The van der Waals surface area contributed by atoms with Crippen LogP contribution < -0.4 is 11.3 Å². The molecule has 13 heavy (non-hydrogen) atoms. The average molecular weight is 182 g/mol. The van der Waals surface area contributed by atoms with E-state index in [1.54, 1.807) is 0 Å². The lowest BCUT2D eigenvalue weighted by Gasteiger charge is -2.18. The standard InChI is InChI=1S/C8H10N2O3/c1-8(9,7(12)13)5-2-3-6(11)10-4-5/h2-4H,9H2,1H3,(H,10,11)(H,12,13)/t8-/m0/s1. The maximum atomic E-state index is 10.7. The third-order valence-electron chi connectivity index (χ3n) is 1.83. The molecule has 0 amide bonds. The molecule has 0 aromatic carbocycles. The highest BCUT2D eigenvalue weighted by Crippen LogP contribution is 2.14. The third kappa shape index (κ3) is 1.75. The molecule has 5 nitrogen and oxygen atoms in total. The zero-order chi connectivity index (χ0) is 10.1. The van der Waals surface area contributed by atoms with Gasteiger partial charge in [-0.3, -0.25) is 4.79 Å². The van der Waals surface area contributed by atoms with E-state index in [1.807, 2.05) is 0 Å². The number of carboxylic acids is 1. The van der Waals surface area contributed by atoms with Gasteiger partial charge in [-0.2, -0.15) is 0 Å². The van der Waals surface area contributed by atoms with Crippen LogP contribution in [0.15, 0.2) is 23.1 Å². The molecule has 1 aromatic rings. The Bertz CT molecular complexity index is 361. The smallest absolute Gasteiger partial charge is 0.328 e. The zero-order valence-electron chi connectivity index (χ0n) is 7.07. The molecular weight excluding hydrogens is 172 g/mol. The van der Waals surface area contributed by atoms with Crippen molar-refractivity contribution in [2.45, 2.75) is 12.5 Å². The number of hydrogen-bond acceptors (Lipinski definition) is 3. The maximum absolute atomic E-state index is 10.7. The molecule has 0 saturated heterocycles. The Balaban J connectivity index is 3.15. The molecule has 1 atom stereocenters. The molecule has 1 heterocycles. The first-order valence-corrected chi connectivity index (χ1v) is 3.66. The van der Waals surface area contributed by atoms with Crippen LogP contribution in [0.1, 0.15) is 12.5 Å². The fourth-order valence-corrected chi connectivity index (χ4v) is 0.857. The molecule has 0 unspecified atom stereocenters. The van der Waals surface area contributed by atoms with Crippen molar-refractivity contribution in [1.82, 2.24) is 4.98 Å². The maximum Gasteiger partial charge on any atom is 0.328 e. The zero-order valence-corrected chi connectivity index (χ0v) is 7.07. The number of carbonyl (C=O) groups is 1. The summed E-state index contributed by atoms with van der Waals surface area (Å²) >= 11 is 0. The molecular formula is C8H10N2O3. The number of rotatable bonds is 2. The van der Waals surface area contributed by atoms with Crippen molar-refractivity contribution in [3.8, 4) is 0 Å². The second kappa shape index (κ2) is 3.02. The summed E-state index contributed by atoms with van der Waals surface area (Å²) in [5, 5.41) is 8.75. The lowest BCUT2D eigenvalue weighted by Crippen LogP contribution is -2.42. The first-order chi connectivity index (χ1) is 5.94. The predicted octanol–water partition coefficient (Wildman–Crippen LogP) is -0.367. The van der Waals surface area contributed by atoms with Crippen LogP contribution in [0.5, 0.6) is 0 Å². The molecule has 0 fully saturated rings. The van der Waals surface area contributed by atoms with Gasteiger partial charge in [0, 0.05) is 12.3 Å². The number of nitrogens with two attached hydrogens (primary N) is 1. The van der Waals surface area contributed by atoms with E-state index in [0.29, 0.717) is 5.56 Å². The van der Waals surface area contributed by atoms with Gasteiger partial charge in [0.15, 0.2) is 0 Å². The van der Waals surface area contributed by atoms with Crippen LogP contribution in [0, 0.1) is 0 Å². The summed E-state index contributed by atoms with van der Waals surface area (Å²) in [5.41, 5.74) is 4.11. The molecule has 0 bridgehead atoms. The molecule has 0 aliphatic carbocycles. The average Bonchev–Trinajstić information content (AvgIpc) is 2.04. The second-order valence-electron chi connectivity index (χ2n) is 2.95. The van der Waals surface area contributed by atoms with Crippen LogP contribution in [-0.4, -0.2) is 16.1 Å². The molecule has 0 spiro atoms. The van der Waals surface area contributed by atoms with Crippen molar-refractivity contribution in [3.05, 3.63) is 34.2 Å². The van der Waals surface area contributed by atoms with Crippen LogP contribution in [-0.2, 0) is 10.3 Å². The Morgan fingerprint density at radius 2 is 2.23 bits per heavy atom. The highest BCUT2D eigenvalue weighted by Gasteiger charge is 2.30. The normalized spacial score (nSPS) is 14.9. The number of aliphatic carboxylic acids is 1. The largest absolute Gasteiger partial charge is 0.480 e. The van der Waals surface area contributed by atoms with Gasteiger partial charge >= 0.3 is 5.97 Å². The van der Waals surface area contributed by atoms with Crippen molar-refractivity contribution in [2.75, 3.05) is 0 Å². The summed E-state index contributed by atoms with van der Waals surface area (Å²) in [5.74, 6) is -1.14. The van der Waals surface area contributed by atoms with Gasteiger partial charge in [-0.15, -0.1) is 0 Å². The van der Waals surface area contributed by atoms with Gasteiger partial charge in [0.05, 0.1) is 0 Å². The fraction of sp³-hybridized carbons (Fsp3) is 0.250. The van der Waals surface area contributed by atoms with E-state index in [4.69, 9.17) is 10.8 Å². The lowest BCUT2D eigenvalue weighted by atomic mass is 9.95. The van der Waals surface area contributed by atoms with E-state index in [-0.39, 0.29) is 5.56 Å². The van der Waals surface area contributed by atoms with E-state index in [9.17, 15) is 9.59 Å². The van der Waals surface area contributed by atoms with Gasteiger partial charge in [0.2, 0.25) is 5.56 Å². The van der Waals surface area contributed by atoms with Crippen LogP contribution in [0.4, 0.5) is 0 Å². The lowest BCUT2D eigenvalue weighted by molar-refractivity contribution is -0.143. The third-order valence-corrected chi connectivity index (χ3v) is 1.83. The van der Waals surface area contributed by atoms with Crippen LogP contribution >= 0.6 is 0 Å². The van der Waals surface area contributed by atoms with Crippen molar-refractivity contribution in [1.29, 1.82) is 0 Å². The predicted molar refractivity (Wildman–Crippen MR) is 46.2 cm³/mol. The molecule has 0 radical (unpaired) electrons. The molecule has 0 saturated carbocycles. The van der Waals surface area contributed by atoms with Gasteiger partial charge in [0.1, 0.15) is 5.54 Å². The quantitative estimate of drug-likeness (QED) is 0.581. The topological polar surface area (TPSA) is 96.2 Å². The van der Waals surface area contributed by atoms with Gasteiger partial charge < -0.3 is 15.8 Å². The first kappa shape index (κ1) is 9.47. The summed E-state index contributed by atoms with van der Waals surface area (Å²) in [7, 11) is 0. The summed E-state index contributed by atoms with van der Waals surface area (Å²) in [6, 6.07) is 2.64. The Labute approximate surface area is 74.2 Å². The molecule has 4 N–H and O–H groups in total. The number of aromatic nitrogens is 1. The minimum Gasteiger partial charge on any atom is -0.480 e. The molecule has 0 aliphatic rings. The number of nitrogens with one attached hydrogen (secondary N) is 1. The Hall–Kier alpha value is -1.62. The Kier molecular flexibility index (Phi) is 2.20. The number of carboxylic acid groups (broad SMARTS) is 1. The molecule has 70 valence electrons. The second-order valence-corrected chi connectivity index (χ2v) is 2.95. The monoisotopic (exact) mass is 182 g/mol. The summed E-state index contributed by atoms with van der Waals surface area (Å²) in [6.07, 6.45) is 1.30. The van der Waals surface area contributed by atoms with Gasteiger partial charge in [-0.1, -0.05) is 0 Å². The number of aromatic amines is 1. The van der Waals surface area contributed by atoms with Crippen LogP contribution in [0.25, 0.3) is 0 Å². The van der Waals surface area contributed by atoms with E-state index < -0.39 is 11.5 Å². The van der Waals surface area contributed by atoms with Gasteiger partial charge in [-0.05, 0) is 18.6 Å². The highest BCUT2D eigenvalue weighted by atomic mass is 16.4. The van der Waals surface area contributed by atoms with E-state index in [1.165, 1.54) is 25.3 Å². The van der Waals surface area contributed by atoms with E-state index in [2.05, 4.69) is 4.98 Å². The van der Waals surface area contributed by atoms with Crippen molar-refractivity contribution in [2.24, 2.45) is 5.73 Å². The van der Waals surface area contributed by atoms with Crippen molar-refractivity contribution in [3.63, 3.8) is 0 Å². The Morgan fingerprint density at radius 3 is 2.62 bits per heavy atom. The summed E-state index contributed by atoms with van der Waals surface area (Å²) in [6.45, 7) is 1.36. The summed E-state index contributed by atoms with van der Waals surface area (Å²) < 4.78 is 0. The van der Waals surface area contributed by atoms with Crippen LogP contribution in [0.3, 0.4) is 0 Å². The van der Waals surface area contributed by atoms with Crippen molar-refractivity contribution >= 4 is 5.97 Å². The Morgan fingerprint density at radius 1 is 1.62 bits per heavy atom. The first-order valence-electron chi connectivity index (χ1n) is 3.66. The molecule has 1 rings (SSSR count). The minimum absolute atomic E-state index is 0.287. The van der Waals surface area contributed by atoms with Gasteiger partial charge in [-0.25, -0.2) is 4.79 Å². The summed E-state index contributed by atoms with van der Waals surface area (Å²) in [4.78, 5) is 23.7. The number of pyridine rings is 1. The SMILES string of the molecule is C[C@@](N)(C(=O)O)c1ccc(=O)[nH]c1. The van der Waals surface area contributed by atoms with Crippen LogP contribution in [0.2, 0.25) is 0 Å². The molecule has 5 heteroatoms. The van der Waals surface area contributed by atoms with E-state index >= 15 is 0 Å². The number of H-pyrrole nitrogens is 1. The molecule has 0 aliphatic heterocycles. The fourth-order valence-electron chi connectivity index (χ4n) is 0.857.